The molecule has 1 N–H and O–H groups in total. The Bertz CT molecular complexity index is 832. The lowest BCUT2D eigenvalue weighted by Gasteiger charge is -2.23. The highest BCUT2D eigenvalue weighted by Crippen LogP contribution is 2.33. The fourth-order valence-electron chi connectivity index (χ4n) is 2.43. The Balaban J connectivity index is 2.08. The summed E-state index contributed by atoms with van der Waals surface area (Å²) in [4.78, 5) is 37.0. The molecule has 0 saturated heterocycles. The predicted octanol–water partition coefficient (Wildman–Crippen LogP) is 4.58. The Hall–Kier alpha value is -2.37. The van der Waals surface area contributed by atoms with E-state index in [1.165, 1.54) is 18.7 Å². The van der Waals surface area contributed by atoms with Gasteiger partial charge >= 0.3 is 0 Å². The van der Waals surface area contributed by atoms with Crippen molar-refractivity contribution in [3.63, 3.8) is 0 Å². The molecule has 2 aromatic rings. The normalized spacial score (nSPS) is 10.3. The number of benzene rings is 2. The maximum absolute atomic E-state index is 12.2. The number of para-hydroxylation sites is 1. The maximum Gasteiger partial charge on any atom is 0.226 e. The smallest absolute Gasteiger partial charge is 0.226 e. The topological polar surface area (TPSA) is 66.5 Å². The van der Waals surface area contributed by atoms with E-state index in [1.807, 2.05) is 0 Å². The summed E-state index contributed by atoms with van der Waals surface area (Å²) in [5, 5.41) is 3.39. The SMILES string of the molecule is CC(=O)c1cccc(NC(=O)CCN(C(C)=O)c2c(Cl)cccc2Cl)c1. The summed E-state index contributed by atoms with van der Waals surface area (Å²) in [5.41, 5.74) is 1.42. The van der Waals surface area contributed by atoms with Gasteiger partial charge in [0.25, 0.3) is 0 Å². The van der Waals surface area contributed by atoms with Gasteiger partial charge in [0, 0.05) is 31.1 Å². The van der Waals surface area contributed by atoms with Gasteiger partial charge < -0.3 is 10.2 Å². The minimum atomic E-state index is -0.292. The molecule has 0 aromatic heterocycles. The molecule has 2 aromatic carbocycles. The number of nitrogens with one attached hydrogen (secondary N) is 1. The molecule has 0 aliphatic heterocycles. The van der Waals surface area contributed by atoms with Crippen LogP contribution in [0.3, 0.4) is 0 Å². The molecule has 7 heteroatoms. The lowest BCUT2D eigenvalue weighted by atomic mass is 10.1. The summed E-state index contributed by atoms with van der Waals surface area (Å²) in [7, 11) is 0. The van der Waals surface area contributed by atoms with Crippen molar-refractivity contribution in [2.45, 2.75) is 20.3 Å². The van der Waals surface area contributed by atoms with E-state index in [9.17, 15) is 14.4 Å². The average Bonchev–Trinajstić information content (AvgIpc) is 2.57. The Kier molecular flexibility index (Phi) is 6.77. The van der Waals surface area contributed by atoms with E-state index < -0.39 is 0 Å². The summed E-state index contributed by atoms with van der Waals surface area (Å²) < 4.78 is 0. The summed E-state index contributed by atoms with van der Waals surface area (Å²) in [6, 6.07) is 11.6. The minimum Gasteiger partial charge on any atom is -0.326 e. The van der Waals surface area contributed by atoms with Crippen LogP contribution in [-0.4, -0.2) is 24.1 Å². The van der Waals surface area contributed by atoms with Crippen LogP contribution < -0.4 is 10.2 Å². The van der Waals surface area contributed by atoms with Crippen LogP contribution in [0.2, 0.25) is 10.0 Å². The van der Waals surface area contributed by atoms with E-state index in [2.05, 4.69) is 5.32 Å². The van der Waals surface area contributed by atoms with Crippen LogP contribution in [0.15, 0.2) is 42.5 Å². The zero-order chi connectivity index (χ0) is 19.3. The molecule has 0 atom stereocenters. The predicted molar refractivity (Wildman–Crippen MR) is 104 cm³/mol. The van der Waals surface area contributed by atoms with Gasteiger partial charge in [0.15, 0.2) is 5.78 Å². The lowest BCUT2D eigenvalue weighted by Crippen LogP contribution is -2.32. The fourth-order valence-corrected chi connectivity index (χ4v) is 3.03. The number of Topliss-reactive ketones (excluding diaryl/α,β-unsaturated/α-hetero) is 1. The number of carbonyl (C=O) groups excluding carboxylic acids is 3. The van der Waals surface area contributed by atoms with Gasteiger partial charge in [-0.15, -0.1) is 0 Å². The van der Waals surface area contributed by atoms with Crippen molar-refractivity contribution >= 4 is 52.2 Å². The molecule has 0 aliphatic carbocycles. The number of amides is 2. The van der Waals surface area contributed by atoms with Crippen LogP contribution in [-0.2, 0) is 9.59 Å². The van der Waals surface area contributed by atoms with E-state index in [-0.39, 0.29) is 30.6 Å². The number of halogens is 2. The molecule has 0 heterocycles. The number of rotatable bonds is 6. The second kappa shape index (κ2) is 8.83. The number of hydrogen-bond donors (Lipinski definition) is 1. The van der Waals surface area contributed by atoms with Crippen LogP contribution in [0.4, 0.5) is 11.4 Å². The molecule has 0 bridgehead atoms. The summed E-state index contributed by atoms with van der Waals surface area (Å²) >= 11 is 12.3. The number of nitrogens with zero attached hydrogens (tertiary/aromatic N) is 1. The first-order chi connectivity index (χ1) is 12.3. The molecule has 136 valence electrons. The third-order valence-corrected chi connectivity index (χ3v) is 4.31. The standard InChI is InChI=1S/C19H18Cl2N2O3/c1-12(24)14-5-3-6-15(11-14)22-18(26)9-10-23(13(2)25)19-16(20)7-4-8-17(19)21/h3-8,11H,9-10H2,1-2H3,(H,22,26). The highest BCUT2D eigenvalue weighted by molar-refractivity contribution is 6.39. The van der Waals surface area contributed by atoms with E-state index in [1.54, 1.807) is 42.5 Å². The van der Waals surface area contributed by atoms with Gasteiger partial charge in [-0.2, -0.15) is 0 Å². The maximum atomic E-state index is 12.2. The summed E-state index contributed by atoms with van der Waals surface area (Å²) in [6.45, 7) is 2.96. The first kappa shape index (κ1) is 19.9. The van der Waals surface area contributed by atoms with Gasteiger partial charge in [-0.3, -0.25) is 14.4 Å². The Morgan fingerprint density at radius 2 is 1.62 bits per heavy atom. The molecule has 5 nitrogen and oxygen atoms in total. The largest absolute Gasteiger partial charge is 0.326 e. The van der Waals surface area contributed by atoms with E-state index in [4.69, 9.17) is 23.2 Å². The van der Waals surface area contributed by atoms with Gasteiger partial charge in [0.05, 0.1) is 15.7 Å². The summed E-state index contributed by atoms with van der Waals surface area (Å²) in [6.07, 6.45) is 0.0471. The second-order valence-corrected chi connectivity index (χ2v) is 6.49. The van der Waals surface area contributed by atoms with E-state index in [0.717, 1.165) is 0 Å². The van der Waals surface area contributed by atoms with Crippen molar-refractivity contribution in [3.8, 4) is 0 Å². The molecule has 26 heavy (non-hydrogen) atoms. The van der Waals surface area contributed by atoms with Crippen LogP contribution in [0, 0.1) is 0 Å². The summed E-state index contributed by atoms with van der Waals surface area (Å²) in [5.74, 6) is -0.649. The number of ketones is 1. The molecule has 0 aliphatic rings. The van der Waals surface area contributed by atoms with Gasteiger partial charge in [0.1, 0.15) is 0 Å². The Morgan fingerprint density at radius 3 is 2.19 bits per heavy atom. The van der Waals surface area contributed by atoms with Crippen LogP contribution >= 0.6 is 23.2 Å². The zero-order valence-electron chi connectivity index (χ0n) is 14.4. The van der Waals surface area contributed by atoms with Crippen molar-refractivity contribution in [2.24, 2.45) is 0 Å². The molecular weight excluding hydrogens is 375 g/mol. The van der Waals surface area contributed by atoms with E-state index >= 15 is 0 Å². The monoisotopic (exact) mass is 392 g/mol. The van der Waals surface area contributed by atoms with Gasteiger partial charge in [-0.25, -0.2) is 0 Å². The molecular formula is C19H18Cl2N2O3. The fraction of sp³-hybridized carbons (Fsp3) is 0.211. The average molecular weight is 393 g/mol. The van der Waals surface area contributed by atoms with Crippen LogP contribution in [0.1, 0.15) is 30.6 Å². The number of anilines is 2. The van der Waals surface area contributed by atoms with Crippen molar-refractivity contribution in [1.82, 2.24) is 0 Å². The Labute approximate surface area is 161 Å². The first-order valence-electron chi connectivity index (χ1n) is 7.92. The molecule has 0 spiro atoms. The number of carbonyl (C=O) groups is 3. The molecule has 2 rings (SSSR count). The second-order valence-electron chi connectivity index (χ2n) is 5.68. The third-order valence-electron chi connectivity index (χ3n) is 3.70. The van der Waals surface area contributed by atoms with Crippen molar-refractivity contribution < 1.29 is 14.4 Å². The highest BCUT2D eigenvalue weighted by atomic mass is 35.5. The Morgan fingerprint density at radius 1 is 1.00 bits per heavy atom. The zero-order valence-corrected chi connectivity index (χ0v) is 15.9. The van der Waals surface area contributed by atoms with Crippen LogP contribution in [0.25, 0.3) is 0 Å². The first-order valence-corrected chi connectivity index (χ1v) is 8.68. The molecule has 0 unspecified atom stereocenters. The molecule has 2 amide bonds. The van der Waals surface area contributed by atoms with Gasteiger partial charge in [0.2, 0.25) is 11.8 Å². The van der Waals surface area contributed by atoms with E-state index in [0.29, 0.717) is 27.0 Å². The van der Waals surface area contributed by atoms with Crippen molar-refractivity contribution in [1.29, 1.82) is 0 Å². The number of hydrogen-bond acceptors (Lipinski definition) is 3. The van der Waals surface area contributed by atoms with Gasteiger partial charge in [-0.05, 0) is 31.2 Å². The van der Waals surface area contributed by atoms with Gasteiger partial charge in [-0.1, -0.05) is 41.4 Å². The molecule has 0 saturated carbocycles. The molecule has 0 radical (unpaired) electrons. The van der Waals surface area contributed by atoms with Crippen LogP contribution in [0.5, 0.6) is 0 Å². The highest BCUT2D eigenvalue weighted by Gasteiger charge is 2.19. The van der Waals surface area contributed by atoms with Crippen molar-refractivity contribution in [2.75, 3.05) is 16.8 Å². The lowest BCUT2D eigenvalue weighted by molar-refractivity contribution is -0.117. The van der Waals surface area contributed by atoms with Crippen molar-refractivity contribution in [3.05, 3.63) is 58.1 Å². The quantitative estimate of drug-likeness (QED) is 0.731. The minimum absolute atomic E-state index is 0.0471. The third kappa shape index (κ3) is 5.07. The molecule has 0 fully saturated rings.